The minimum Gasteiger partial charge on any atom is -0.361 e. The van der Waals surface area contributed by atoms with Gasteiger partial charge in [-0.15, -0.1) is 0 Å². The molecule has 0 bridgehead atoms. The number of nitrogens with zero attached hydrogens (tertiary/aromatic N) is 1. The fourth-order valence-electron chi connectivity index (χ4n) is 1.69. The van der Waals surface area contributed by atoms with Gasteiger partial charge in [0.05, 0.1) is 0 Å². The lowest BCUT2D eigenvalue weighted by Gasteiger charge is -1.86. The first-order valence-corrected chi connectivity index (χ1v) is 5.49. The molecule has 3 rings (SSSR count). The molecule has 1 aliphatic rings. The summed E-state index contributed by atoms with van der Waals surface area (Å²) in [6.45, 7) is 4.11. The zero-order valence-electron chi connectivity index (χ0n) is 9.70. The summed E-state index contributed by atoms with van der Waals surface area (Å²) in [4.78, 5) is 7.16. The van der Waals surface area contributed by atoms with Crippen LogP contribution in [-0.2, 0) is 0 Å². The second-order valence-electron chi connectivity index (χ2n) is 3.91. The van der Waals surface area contributed by atoms with Gasteiger partial charge in [-0.2, -0.15) is 0 Å². The SMILES string of the molecule is C.CC1=CCC=N1.Cc1c[nH]c2ccccc12. The molecule has 0 saturated carbocycles. The highest BCUT2D eigenvalue weighted by molar-refractivity contribution is 5.82. The Morgan fingerprint density at radius 3 is 2.47 bits per heavy atom. The normalized spacial score (nSPS) is 12.7. The van der Waals surface area contributed by atoms with E-state index in [2.05, 4.69) is 41.2 Å². The molecule has 0 aliphatic carbocycles. The third-order valence-corrected chi connectivity index (χ3v) is 2.61. The van der Waals surface area contributed by atoms with Crippen molar-refractivity contribution in [3.63, 3.8) is 0 Å². The molecule has 1 aliphatic heterocycles. The third-order valence-electron chi connectivity index (χ3n) is 2.61. The Morgan fingerprint density at radius 1 is 1.18 bits per heavy atom. The standard InChI is InChI=1S/C9H9N.C5H7N.CH4/c1-7-6-10-9-5-3-2-4-8(7)9;1-5-3-2-4-6-5;/h2-6,10H,1H3;3-4H,2H2,1H3;1H4. The molecule has 1 N–H and O–H groups in total. The summed E-state index contributed by atoms with van der Waals surface area (Å²) in [5.41, 5.74) is 3.69. The van der Waals surface area contributed by atoms with Crippen LogP contribution in [-0.4, -0.2) is 11.2 Å². The topological polar surface area (TPSA) is 28.1 Å². The van der Waals surface area contributed by atoms with E-state index in [1.807, 2.05) is 25.4 Å². The van der Waals surface area contributed by atoms with Gasteiger partial charge in [-0.05, 0) is 25.5 Å². The van der Waals surface area contributed by atoms with Crippen LogP contribution in [0.5, 0.6) is 0 Å². The fourth-order valence-corrected chi connectivity index (χ4v) is 1.69. The molecule has 17 heavy (non-hydrogen) atoms. The lowest BCUT2D eigenvalue weighted by molar-refractivity contribution is 1.34. The van der Waals surface area contributed by atoms with E-state index < -0.39 is 0 Å². The Morgan fingerprint density at radius 2 is 1.94 bits per heavy atom. The largest absolute Gasteiger partial charge is 0.361 e. The number of aromatic nitrogens is 1. The second-order valence-corrected chi connectivity index (χ2v) is 3.91. The summed E-state index contributed by atoms with van der Waals surface area (Å²) in [7, 11) is 0. The molecule has 0 atom stereocenters. The molecule has 0 radical (unpaired) electrons. The summed E-state index contributed by atoms with van der Waals surface area (Å²) >= 11 is 0. The Hall–Kier alpha value is -1.83. The van der Waals surface area contributed by atoms with Crippen molar-refractivity contribution < 1.29 is 0 Å². The van der Waals surface area contributed by atoms with Crippen molar-refractivity contribution in [3.05, 3.63) is 47.8 Å². The Kier molecular flexibility index (Phi) is 4.70. The first kappa shape index (κ1) is 13.2. The van der Waals surface area contributed by atoms with Crippen molar-refractivity contribution >= 4 is 17.1 Å². The summed E-state index contributed by atoms with van der Waals surface area (Å²) in [5.74, 6) is 0. The van der Waals surface area contributed by atoms with E-state index in [1.165, 1.54) is 16.5 Å². The van der Waals surface area contributed by atoms with Crippen LogP contribution in [0, 0.1) is 6.92 Å². The summed E-state index contributed by atoms with van der Waals surface area (Å²) in [6.07, 6.45) is 7.08. The van der Waals surface area contributed by atoms with Crippen LogP contribution in [0.25, 0.3) is 10.9 Å². The predicted octanol–water partition coefficient (Wildman–Crippen LogP) is 4.48. The number of benzene rings is 1. The number of nitrogens with one attached hydrogen (secondary N) is 1. The Bertz CT molecular complexity index is 530. The van der Waals surface area contributed by atoms with Gasteiger partial charge in [-0.3, -0.25) is 4.99 Å². The molecule has 2 nitrogen and oxygen atoms in total. The molecule has 0 unspecified atom stereocenters. The van der Waals surface area contributed by atoms with E-state index in [4.69, 9.17) is 0 Å². The van der Waals surface area contributed by atoms with Crippen LogP contribution >= 0.6 is 0 Å². The Labute approximate surface area is 103 Å². The van der Waals surface area contributed by atoms with E-state index in [1.54, 1.807) is 0 Å². The molecule has 0 saturated heterocycles. The molecule has 0 amide bonds. The van der Waals surface area contributed by atoms with Gasteiger partial charge in [0.2, 0.25) is 0 Å². The number of hydrogen-bond acceptors (Lipinski definition) is 1. The van der Waals surface area contributed by atoms with Crippen LogP contribution in [0.3, 0.4) is 0 Å². The number of hydrogen-bond donors (Lipinski definition) is 1. The van der Waals surface area contributed by atoms with Gasteiger partial charge >= 0.3 is 0 Å². The van der Waals surface area contributed by atoms with Crippen molar-refractivity contribution in [2.45, 2.75) is 27.7 Å². The van der Waals surface area contributed by atoms with E-state index >= 15 is 0 Å². The van der Waals surface area contributed by atoms with Crippen LogP contribution in [0.2, 0.25) is 0 Å². The molecule has 2 aromatic rings. The van der Waals surface area contributed by atoms with Gasteiger partial charge in [0.15, 0.2) is 0 Å². The second kappa shape index (κ2) is 6.04. The molecular formula is C15H20N2. The van der Waals surface area contributed by atoms with Gasteiger partial charge in [-0.25, -0.2) is 0 Å². The van der Waals surface area contributed by atoms with Gasteiger partial charge in [0.25, 0.3) is 0 Å². The number of para-hydroxylation sites is 1. The molecule has 2 heteroatoms. The fraction of sp³-hybridized carbons (Fsp3) is 0.267. The minimum atomic E-state index is 0. The molecule has 1 aromatic heterocycles. The average molecular weight is 228 g/mol. The van der Waals surface area contributed by atoms with Crippen LogP contribution in [0.15, 0.2) is 47.2 Å². The maximum atomic E-state index is 3.97. The summed E-state index contributed by atoms with van der Waals surface area (Å²) in [6, 6.07) is 8.31. The van der Waals surface area contributed by atoms with Crippen LogP contribution in [0.1, 0.15) is 26.3 Å². The van der Waals surface area contributed by atoms with Gasteiger partial charge in [0, 0.05) is 35.4 Å². The number of fused-ring (bicyclic) bond motifs is 1. The molecular weight excluding hydrogens is 208 g/mol. The average Bonchev–Trinajstić information content (AvgIpc) is 2.91. The Balaban J connectivity index is 0.000000180. The monoisotopic (exact) mass is 228 g/mol. The highest BCUT2D eigenvalue weighted by Gasteiger charge is 1.94. The van der Waals surface area contributed by atoms with Crippen molar-refractivity contribution in [2.24, 2.45) is 4.99 Å². The smallest absolute Gasteiger partial charge is 0.0456 e. The number of aliphatic imine (C=N–C) groups is 1. The van der Waals surface area contributed by atoms with Crippen molar-refractivity contribution in [2.75, 3.05) is 0 Å². The maximum Gasteiger partial charge on any atom is 0.0456 e. The number of allylic oxidation sites excluding steroid dienone is 2. The lowest BCUT2D eigenvalue weighted by Crippen LogP contribution is -1.64. The first-order chi connectivity index (χ1) is 7.77. The molecule has 90 valence electrons. The number of rotatable bonds is 0. The van der Waals surface area contributed by atoms with Gasteiger partial charge < -0.3 is 4.98 Å². The summed E-state index contributed by atoms with van der Waals surface area (Å²) in [5, 5.41) is 1.32. The minimum absolute atomic E-state index is 0. The van der Waals surface area contributed by atoms with Gasteiger partial charge in [-0.1, -0.05) is 31.7 Å². The zero-order valence-corrected chi connectivity index (χ0v) is 9.70. The van der Waals surface area contributed by atoms with E-state index in [9.17, 15) is 0 Å². The predicted molar refractivity (Wildman–Crippen MR) is 76.6 cm³/mol. The third kappa shape index (κ3) is 3.31. The highest BCUT2D eigenvalue weighted by atomic mass is 14.7. The zero-order chi connectivity index (χ0) is 11.4. The quantitative estimate of drug-likeness (QED) is 0.688. The maximum absolute atomic E-state index is 3.97. The number of H-pyrrole nitrogens is 1. The van der Waals surface area contributed by atoms with E-state index in [0.717, 1.165) is 12.1 Å². The molecule has 2 heterocycles. The number of aromatic amines is 1. The van der Waals surface area contributed by atoms with Crippen molar-refractivity contribution in [1.82, 2.24) is 4.98 Å². The first-order valence-electron chi connectivity index (χ1n) is 5.49. The number of aryl methyl sites for hydroxylation is 1. The highest BCUT2D eigenvalue weighted by Crippen LogP contribution is 2.15. The molecule has 0 fully saturated rings. The van der Waals surface area contributed by atoms with E-state index in [0.29, 0.717) is 0 Å². The van der Waals surface area contributed by atoms with Crippen molar-refractivity contribution in [3.8, 4) is 0 Å². The van der Waals surface area contributed by atoms with Crippen LogP contribution < -0.4 is 0 Å². The van der Waals surface area contributed by atoms with Crippen LogP contribution in [0.4, 0.5) is 0 Å². The van der Waals surface area contributed by atoms with E-state index in [-0.39, 0.29) is 7.43 Å². The molecule has 1 aromatic carbocycles. The van der Waals surface area contributed by atoms with Gasteiger partial charge in [0.1, 0.15) is 0 Å². The van der Waals surface area contributed by atoms with Crippen molar-refractivity contribution in [1.29, 1.82) is 0 Å². The molecule has 0 spiro atoms. The lowest BCUT2D eigenvalue weighted by atomic mass is 10.2. The summed E-state index contributed by atoms with van der Waals surface area (Å²) < 4.78 is 0.